The number of carbonyl (C=O) groups is 1. The lowest BCUT2D eigenvalue weighted by molar-refractivity contribution is 0.0919. The topological polar surface area (TPSA) is 93.7 Å². The van der Waals surface area contributed by atoms with Gasteiger partial charge in [0.05, 0.1) is 4.90 Å². The van der Waals surface area contributed by atoms with Gasteiger partial charge in [-0.25, -0.2) is 13.1 Å². The van der Waals surface area contributed by atoms with Crippen LogP contribution in [-0.4, -0.2) is 26.7 Å². The first-order valence-electron chi connectivity index (χ1n) is 8.45. The molecule has 1 aliphatic heterocycles. The van der Waals surface area contributed by atoms with E-state index in [-0.39, 0.29) is 29.7 Å². The molecule has 1 aliphatic rings. The van der Waals surface area contributed by atoms with Gasteiger partial charge in [0.25, 0.3) is 5.91 Å². The lowest BCUT2D eigenvalue weighted by Gasteiger charge is -2.20. The molecule has 1 heterocycles. The molecule has 0 fully saturated rings. The predicted octanol–water partition coefficient (Wildman–Crippen LogP) is 2.42. The maximum absolute atomic E-state index is 12.6. The van der Waals surface area contributed by atoms with Gasteiger partial charge in [-0.2, -0.15) is 0 Å². The van der Waals surface area contributed by atoms with E-state index in [4.69, 9.17) is 9.47 Å². The third-order valence-electron chi connectivity index (χ3n) is 3.80. The van der Waals surface area contributed by atoms with Crippen molar-refractivity contribution in [1.82, 2.24) is 10.0 Å². The summed E-state index contributed by atoms with van der Waals surface area (Å²) in [6.45, 7) is 5.83. The van der Waals surface area contributed by atoms with Gasteiger partial charge in [-0.1, -0.05) is 12.1 Å². The van der Waals surface area contributed by atoms with Crippen molar-refractivity contribution in [2.24, 2.45) is 0 Å². The van der Waals surface area contributed by atoms with Gasteiger partial charge in [0.2, 0.25) is 16.8 Å². The Morgan fingerprint density at radius 2 is 1.81 bits per heavy atom. The van der Waals surface area contributed by atoms with Gasteiger partial charge < -0.3 is 14.8 Å². The Balaban J connectivity index is 1.73. The number of hydrogen-bond donors (Lipinski definition) is 2. The van der Waals surface area contributed by atoms with Crippen molar-refractivity contribution in [3.63, 3.8) is 0 Å². The first-order chi connectivity index (χ1) is 12.6. The van der Waals surface area contributed by atoms with E-state index in [0.29, 0.717) is 11.5 Å². The highest BCUT2D eigenvalue weighted by molar-refractivity contribution is 7.89. The van der Waals surface area contributed by atoms with Crippen LogP contribution in [0.4, 0.5) is 0 Å². The van der Waals surface area contributed by atoms with Gasteiger partial charge in [-0.15, -0.1) is 0 Å². The number of amides is 1. The highest BCUT2D eigenvalue weighted by atomic mass is 32.2. The highest BCUT2D eigenvalue weighted by Crippen LogP contribution is 2.32. The zero-order valence-corrected chi connectivity index (χ0v) is 16.2. The molecular weight excluding hydrogens is 368 g/mol. The molecule has 27 heavy (non-hydrogen) atoms. The summed E-state index contributed by atoms with van der Waals surface area (Å²) in [5, 5.41) is 2.82. The molecule has 2 aromatic carbocycles. The largest absolute Gasteiger partial charge is 0.454 e. The lowest BCUT2D eigenvalue weighted by atomic mass is 10.1. The molecule has 2 N–H and O–H groups in total. The lowest BCUT2D eigenvalue weighted by Crippen LogP contribution is -2.40. The Morgan fingerprint density at radius 3 is 2.56 bits per heavy atom. The number of benzene rings is 2. The molecule has 0 unspecified atom stereocenters. The zero-order valence-electron chi connectivity index (χ0n) is 15.4. The molecule has 8 heteroatoms. The van der Waals surface area contributed by atoms with Crippen LogP contribution in [-0.2, 0) is 16.6 Å². The highest BCUT2D eigenvalue weighted by Gasteiger charge is 2.20. The van der Waals surface area contributed by atoms with Gasteiger partial charge in [-0.3, -0.25) is 4.79 Å². The van der Waals surface area contributed by atoms with Gasteiger partial charge in [0, 0.05) is 17.6 Å². The van der Waals surface area contributed by atoms with Crippen LogP contribution < -0.4 is 19.5 Å². The number of fused-ring (bicyclic) bond motifs is 1. The van der Waals surface area contributed by atoms with Crippen LogP contribution in [0.25, 0.3) is 0 Å². The second-order valence-corrected chi connectivity index (χ2v) is 9.01. The Morgan fingerprint density at radius 1 is 1.07 bits per heavy atom. The average molecular weight is 390 g/mol. The Bertz CT molecular complexity index is 964. The molecule has 0 aromatic heterocycles. The van der Waals surface area contributed by atoms with Crippen LogP contribution in [0, 0.1) is 0 Å². The molecule has 0 bridgehead atoms. The molecular formula is C19H22N2O5S. The molecule has 0 atom stereocenters. The third kappa shape index (κ3) is 4.78. The molecule has 0 saturated carbocycles. The predicted molar refractivity (Wildman–Crippen MR) is 100 cm³/mol. The molecule has 0 radical (unpaired) electrons. The quantitative estimate of drug-likeness (QED) is 0.818. The summed E-state index contributed by atoms with van der Waals surface area (Å²) in [6, 6.07) is 11.2. The number of hydrogen-bond acceptors (Lipinski definition) is 5. The first kappa shape index (κ1) is 19.2. The normalized spacial score (nSPS) is 13.4. The number of carbonyl (C=O) groups excluding carboxylic acids is 1. The minimum atomic E-state index is -3.77. The summed E-state index contributed by atoms with van der Waals surface area (Å²) in [7, 11) is -3.77. The Labute approximate surface area is 158 Å². The monoisotopic (exact) mass is 390 g/mol. The summed E-state index contributed by atoms with van der Waals surface area (Å²) < 4.78 is 38.3. The van der Waals surface area contributed by atoms with E-state index in [1.807, 2.05) is 20.8 Å². The molecule has 144 valence electrons. The van der Waals surface area contributed by atoms with E-state index in [1.54, 1.807) is 30.3 Å². The van der Waals surface area contributed by atoms with Crippen LogP contribution >= 0.6 is 0 Å². The fourth-order valence-corrected chi connectivity index (χ4v) is 3.59. The molecule has 0 aliphatic carbocycles. The smallest absolute Gasteiger partial charge is 0.251 e. The number of rotatable bonds is 5. The minimum absolute atomic E-state index is 0.0322. The maximum atomic E-state index is 12.6. The molecule has 1 amide bonds. The van der Waals surface area contributed by atoms with E-state index in [1.165, 1.54) is 12.1 Å². The Kier molecular flexibility index (Phi) is 5.12. The number of ether oxygens (including phenoxy) is 2. The van der Waals surface area contributed by atoms with Crippen LogP contribution in [0.5, 0.6) is 11.5 Å². The fourth-order valence-electron chi connectivity index (χ4n) is 2.53. The average Bonchev–Trinajstić information content (AvgIpc) is 3.06. The number of sulfonamides is 1. The molecule has 3 rings (SSSR count). The molecule has 2 aromatic rings. The van der Waals surface area contributed by atoms with Crippen LogP contribution in [0.3, 0.4) is 0 Å². The van der Waals surface area contributed by atoms with Crippen LogP contribution in [0.2, 0.25) is 0 Å². The fraction of sp³-hybridized carbons (Fsp3) is 0.316. The summed E-state index contributed by atoms with van der Waals surface area (Å²) in [5.41, 5.74) is 0.615. The molecule has 0 spiro atoms. The van der Waals surface area contributed by atoms with Crippen LogP contribution in [0.1, 0.15) is 36.7 Å². The van der Waals surface area contributed by atoms with Crippen molar-refractivity contribution in [2.45, 2.75) is 37.8 Å². The first-order valence-corrected chi connectivity index (χ1v) is 9.93. The minimum Gasteiger partial charge on any atom is -0.454 e. The van der Waals surface area contributed by atoms with E-state index in [0.717, 1.165) is 5.56 Å². The second-order valence-electron chi connectivity index (χ2n) is 7.24. The van der Waals surface area contributed by atoms with Gasteiger partial charge in [0.1, 0.15) is 0 Å². The summed E-state index contributed by atoms with van der Waals surface area (Å²) in [6.07, 6.45) is 0. The van der Waals surface area contributed by atoms with Crippen molar-refractivity contribution in [3.05, 3.63) is 53.6 Å². The van der Waals surface area contributed by atoms with Crippen molar-refractivity contribution in [3.8, 4) is 11.5 Å². The van der Waals surface area contributed by atoms with Crippen molar-refractivity contribution in [1.29, 1.82) is 0 Å². The van der Waals surface area contributed by atoms with Crippen molar-refractivity contribution in [2.75, 3.05) is 6.79 Å². The number of nitrogens with one attached hydrogen (secondary N) is 2. The SMILES string of the molecule is CC(C)(C)NC(=O)c1cccc(S(=O)(=O)NCc2ccc3c(c2)OCO3)c1. The van der Waals surface area contributed by atoms with Crippen LogP contribution in [0.15, 0.2) is 47.4 Å². The third-order valence-corrected chi connectivity index (χ3v) is 5.20. The van der Waals surface area contributed by atoms with Crippen molar-refractivity contribution < 1.29 is 22.7 Å². The molecule has 7 nitrogen and oxygen atoms in total. The Hall–Kier alpha value is -2.58. The maximum Gasteiger partial charge on any atom is 0.251 e. The standard InChI is InChI=1S/C19H22N2O5S/c1-19(2,3)21-18(22)14-5-4-6-15(10-14)27(23,24)20-11-13-7-8-16-17(9-13)26-12-25-16/h4-10,20H,11-12H2,1-3H3,(H,21,22). The van der Waals surface area contributed by atoms with Gasteiger partial charge >= 0.3 is 0 Å². The molecule has 0 saturated heterocycles. The zero-order chi connectivity index (χ0) is 19.7. The van der Waals surface area contributed by atoms with Gasteiger partial charge in [-0.05, 0) is 56.7 Å². The summed E-state index contributed by atoms with van der Waals surface area (Å²) in [4.78, 5) is 12.3. The summed E-state index contributed by atoms with van der Waals surface area (Å²) in [5.74, 6) is 0.905. The summed E-state index contributed by atoms with van der Waals surface area (Å²) >= 11 is 0. The second kappa shape index (κ2) is 7.21. The van der Waals surface area contributed by atoms with Crippen molar-refractivity contribution >= 4 is 15.9 Å². The van der Waals surface area contributed by atoms with E-state index in [2.05, 4.69) is 10.0 Å². The van der Waals surface area contributed by atoms with Gasteiger partial charge in [0.15, 0.2) is 11.5 Å². The van der Waals surface area contributed by atoms with E-state index in [9.17, 15) is 13.2 Å². The van der Waals surface area contributed by atoms with E-state index < -0.39 is 15.6 Å². The van der Waals surface area contributed by atoms with E-state index >= 15 is 0 Å².